The molecule has 2 atom stereocenters. The van der Waals surface area contributed by atoms with Gasteiger partial charge in [-0.15, -0.1) is 0 Å². The van der Waals surface area contributed by atoms with E-state index < -0.39 is 0 Å². The molecule has 0 bridgehead atoms. The minimum Gasteiger partial charge on any atom is -0.494 e. The molecule has 1 aliphatic rings. The van der Waals surface area contributed by atoms with Crippen molar-refractivity contribution >= 4 is 17.3 Å². The van der Waals surface area contributed by atoms with Gasteiger partial charge in [0.15, 0.2) is 5.11 Å². The predicted octanol–water partition coefficient (Wildman–Crippen LogP) is 4.84. The topological polar surface area (TPSA) is 55.2 Å². The zero-order valence-corrected chi connectivity index (χ0v) is 19.2. The first kappa shape index (κ1) is 21.2. The lowest BCUT2D eigenvalue weighted by atomic mass is 10.0. The van der Waals surface area contributed by atoms with Gasteiger partial charge in [0.05, 0.1) is 24.4 Å². The number of nitrogens with one attached hydrogen (secondary N) is 1. The van der Waals surface area contributed by atoms with E-state index in [0.717, 1.165) is 28.4 Å². The molecule has 166 valence electrons. The van der Waals surface area contributed by atoms with Crippen molar-refractivity contribution in [2.24, 2.45) is 0 Å². The van der Waals surface area contributed by atoms with Gasteiger partial charge in [-0.3, -0.25) is 9.97 Å². The van der Waals surface area contributed by atoms with Crippen LogP contribution in [0.15, 0.2) is 91.5 Å². The molecule has 7 heteroatoms. The van der Waals surface area contributed by atoms with Crippen LogP contribution in [0, 0.1) is 0 Å². The van der Waals surface area contributed by atoms with Crippen LogP contribution in [-0.2, 0) is 6.54 Å². The highest BCUT2D eigenvalue weighted by Gasteiger charge is 2.41. The molecule has 4 aromatic rings. The molecular weight excluding hydrogens is 430 g/mol. The van der Waals surface area contributed by atoms with Crippen molar-refractivity contribution < 1.29 is 4.74 Å². The molecule has 1 aliphatic heterocycles. The summed E-state index contributed by atoms with van der Waals surface area (Å²) in [5, 5.41) is 4.24. The first-order valence-corrected chi connectivity index (χ1v) is 11.4. The van der Waals surface area contributed by atoms with E-state index in [9.17, 15) is 0 Å². The number of aromatic nitrogens is 3. The smallest absolute Gasteiger partial charge is 0.170 e. The molecule has 0 saturated carbocycles. The van der Waals surface area contributed by atoms with Gasteiger partial charge in [-0.05, 0) is 85.4 Å². The quantitative estimate of drug-likeness (QED) is 0.403. The van der Waals surface area contributed by atoms with E-state index in [0.29, 0.717) is 18.3 Å². The highest BCUT2D eigenvalue weighted by atomic mass is 32.1. The normalized spacial score (nSPS) is 17.7. The summed E-state index contributed by atoms with van der Waals surface area (Å²) in [6.07, 6.45) is 7.55. The summed E-state index contributed by atoms with van der Waals surface area (Å²) >= 11 is 5.82. The first-order chi connectivity index (χ1) is 16.2. The summed E-state index contributed by atoms with van der Waals surface area (Å²) in [6, 6.07) is 22.3. The van der Waals surface area contributed by atoms with Crippen molar-refractivity contribution in [1.82, 2.24) is 24.8 Å². The van der Waals surface area contributed by atoms with Crippen LogP contribution in [0.3, 0.4) is 0 Å². The Bertz CT molecular complexity index is 1210. The van der Waals surface area contributed by atoms with Gasteiger partial charge in [0.2, 0.25) is 0 Å². The number of benzene rings is 1. The van der Waals surface area contributed by atoms with Gasteiger partial charge in [0.1, 0.15) is 5.75 Å². The second-order valence-corrected chi connectivity index (χ2v) is 8.23. The van der Waals surface area contributed by atoms with E-state index in [1.54, 1.807) is 0 Å². The van der Waals surface area contributed by atoms with Gasteiger partial charge in [-0.2, -0.15) is 0 Å². The lowest BCUT2D eigenvalue weighted by Crippen LogP contribution is -2.30. The molecular formula is C26H25N5OS. The van der Waals surface area contributed by atoms with Crippen molar-refractivity contribution in [3.63, 3.8) is 0 Å². The van der Waals surface area contributed by atoms with Crippen LogP contribution in [0.4, 0.5) is 0 Å². The Morgan fingerprint density at radius 2 is 1.79 bits per heavy atom. The summed E-state index contributed by atoms with van der Waals surface area (Å²) in [4.78, 5) is 11.0. The molecule has 6 nitrogen and oxygen atoms in total. The Morgan fingerprint density at radius 3 is 2.52 bits per heavy atom. The molecule has 5 rings (SSSR count). The molecule has 0 radical (unpaired) electrons. The fourth-order valence-corrected chi connectivity index (χ4v) is 4.63. The largest absolute Gasteiger partial charge is 0.494 e. The minimum atomic E-state index is -0.0723. The van der Waals surface area contributed by atoms with E-state index >= 15 is 0 Å². The maximum absolute atomic E-state index is 5.82. The van der Waals surface area contributed by atoms with Crippen LogP contribution in [0.5, 0.6) is 5.75 Å². The van der Waals surface area contributed by atoms with E-state index in [-0.39, 0.29) is 12.1 Å². The first-order valence-electron chi connectivity index (χ1n) is 11.0. The molecule has 0 amide bonds. The third-order valence-corrected chi connectivity index (χ3v) is 6.16. The molecule has 4 heterocycles. The Labute approximate surface area is 198 Å². The van der Waals surface area contributed by atoms with Crippen LogP contribution in [-0.4, -0.2) is 31.2 Å². The Morgan fingerprint density at radius 1 is 0.970 bits per heavy atom. The van der Waals surface area contributed by atoms with Crippen LogP contribution in [0.2, 0.25) is 0 Å². The van der Waals surface area contributed by atoms with E-state index in [1.165, 1.54) is 0 Å². The number of rotatable bonds is 7. The molecule has 0 aliphatic carbocycles. The van der Waals surface area contributed by atoms with Crippen molar-refractivity contribution in [3.05, 3.63) is 108 Å². The van der Waals surface area contributed by atoms with E-state index in [4.69, 9.17) is 17.0 Å². The summed E-state index contributed by atoms with van der Waals surface area (Å²) < 4.78 is 7.84. The standard InChI is InChI=1S/C26H25N5OS/c1-2-32-21-10-8-20(9-11-21)30-17-5-7-23(30)25-24(22-6-3-4-14-28-22)29-26(33)31(25)18-19-12-15-27-16-13-19/h3-17,24-25H,2,18H2,1H3,(H,29,33)/t24-,25+/m1/s1. The van der Waals surface area contributed by atoms with Crippen LogP contribution >= 0.6 is 12.2 Å². The van der Waals surface area contributed by atoms with Crippen molar-refractivity contribution in [2.75, 3.05) is 6.61 Å². The van der Waals surface area contributed by atoms with Gasteiger partial charge in [-0.1, -0.05) is 6.07 Å². The highest BCUT2D eigenvalue weighted by molar-refractivity contribution is 7.80. The summed E-state index contributed by atoms with van der Waals surface area (Å²) in [5.74, 6) is 0.865. The summed E-state index contributed by atoms with van der Waals surface area (Å²) in [6.45, 7) is 3.31. The number of thiocarbonyl (C=S) groups is 1. The number of hydrogen-bond donors (Lipinski definition) is 1. The molecule has 0 spiro atoms. The second-order valence-electron chi connectivity index (χ2n) is 7.84. The van der Waals surface area contributed by atoms with E-state index in [1.807, 2.05) is 68.0 Å². The fraction of sp³-hybridized carbons (Fsp3) is 0.192. The maximum atomic E-state index is 5.82. The van der Waals surface area contributed by atoms with Gasteiger partial charge >= 0.3 is 0 Å². The third kappa shape index (κ3) is 4.32. The molecule has 1 fully saturated rings. The van der Waals surface area contributed by atoms with Crippen molar-refractivity contribution in [3.8, 4) is 11.4 Å². The fourth-order valence-electron chi connectivity index (χ4n) is 4.32. The number of nitrogens with zero attached hydrogens (tertiary/aromatic N) is 4. The number of ether oxygens (including phenoxy) is 1. The minimum absolute atomic E-state index is 0.0397. The lowest BCUT2D eigenvalue weighted by molar-refractivity contribution is 0.302. The van der Waals surface area contributed by atoms with Gasteiger partial charge in [0.25, 0.3) is 0 Å². The zero-order chi connectivity index (χ0) is 22.6. The molecule has 1 saturated heterocycles. The SMILES string of the molecule is CCOc1ccc(-n2cccc2[C@H]2[C@@H](c3ccccn3)NC(=S)N2Cc2ccncc2)cc1. The Kier molecular flexibility index (Phi) is 6.04. The van der Waals surface area contributed by atoms with E-state index in [2.05, 4.69) is 55.2 Å². The number of pyridine rings is 2. The molecule has 3 aromatic heterocycles. The predicted molar refractivity (Wildman–Crippen MR) is 132 cm³/mol. The van der Waals surface area contributed by atoms with Gasteiger partial charge in [-0.25, -0.2) is 0 Å². The Balaban J connectivity index is 1.56. The Hall–Kier alpha value is -3.71. The monoisotopic (exact) mass is 455 g/mol. The van der Waals surface area contributed by atoms with Crippen molar-refractivity contribution in [1.29, 1.82) is 0 Å². The third-order valence-electron chi connectivity index (χ3n) is 5.81. The molecule has 0 unspecified atom stereocenters. The van der Waals surface area contributed by atoms with Gasteiger partial charge < -0.3 is 19.5 Å². The van der Waals surface area contributed by atoms with Crippen LogP contribution < -0.4 is 10.1 Å². The molecule has 33 heavy (non-hydrogen) atoms. The average molecular weight is 456 g/mol. The lowest BCUT2D eigenvalue weighted by Gasteiger charge is -2.29. The molecule has 1 aromatic carbocycles. The maximum Gasteiger partial charge on any atom is 0.170 e. The highest BCUT2D eigenvalue weighted by Crippen LogP contribution is 2.40. The van der Waals surface area contributed by atoms with Crippen LogP contribution in [0.1, 0.15) is 36.0 Å². The molecule has 1 N–H and O–H groups in total. The zero-order valence-electron chi connectivity index (χ0n) is 18.3. The number of hydrogen-bond acceptors (Lipinski definition) is 4. The van der Waals surface area contributed by atoms with Crippen LogP contribution in [0.25, 0.3) is 5.69 Å². The second kappa shape index (κ2) is 9.42. The summed E-state index contributed by atoms with van der Waals surface area (Å²) in [5.41, 5.74) is 4.32. The van der Waals surface area contributed by atoms with Gasteiger partial charge in [0, 0.05) is 42.7 Å². The average Bonchev–Trinajstić information content (AvgIpc) is 3.46. The summed E-state index contributed by atoms with van der Waals surface area (Å²) in [7, 11) is 0. The van der Waals surface area contributed by atoms with Crippen molar-refractivity contribution in [2.45, 2.75) is 25.6 Å².